The van der Waals surface area contributed by atoms with Crippen molar-refractivity contribution in [1.29, 1.82) is 0 Å². The van der Waals surface area contributed by atoms with Crippen molar-refractivity contribution in [2.75, 3.05) is 12.4 Å². The molecular formula is C15H13IN2O2. The summed E-state index contributed by atoms with van der Waals surface area (Å²) in [5, 5.41) is 6.51. The number of carbonyl (C=O) groups excluding carboxylic acids is 1. The molecule has 0 bridgehead atoms. The van der Waals surface area contributed by atoms with Crippen molar-refractivity contribution in [3.8, 4) is 0 Å². The number of carbonyl (C=O) groups is 1. The van der Waals surface area contributed by atoms with E-state index in [-0.39, 0.29) is 5.91 Å². The van der Waals surface area contributed by atoms with Gasteiger partial charge in [0.25, 0.3) is 5.91 Å². The van der Waals surface area contributed by atoms with Crippen molar-refractivity contribution in [2.24, 2.45) is 5.16 Å². The molecule has 0 fully saturated rings. The lowest BCUT2D eigenvalue weighted by Gasteiger charge is -2.05. The molecule has 0 saturated carbocycles. The molecule has 4 nitrogen and oxygen atoms in total. The number of hydrogen-bond donors (Lipinski definition) is 1. The summed E-state index contributed by atoms with van der Waals surface area (Å²) in [6.45, 7) is 0. The van der Waals surface area contributed by atoms with Gasteiger partial charge in [0.1, 0.15) is 7.11 Å². The summed E-state index contributed by atoms with van der Waals surface area (Å²) in [6, 6.07) is 14.8. The van der Waals surface area contributed by atoms with Gasteiger partial charge in [0.15, 0.2) is 0 Å². The lowest BCUT2D eigenvalue weighted by Crippen LogP contribution is -2.11. The SMILES string of the molecule is CO/N=C/c1ccc(C(=O)Nc2ccc(I)cc2)cc1. The van der Waals surface area contributed by atoms with Gasteiger partial charge in [-0.3, -0.25) is 4.79 Å². The lowest BCUT2D eigenvalue weighted by atomic mass is 10.1. The van der Waals surface area contributed by atoms with Gasteiger partial charge in [-0.1, -0.05) is 17.3 Å². The Morgan fingerprint density at radius 2 is 1.80 bits per heavy atom. The maximum atomic E-state index is 12.1. The van der Waals surface area contributed by atoms with Gasteiger partial charge in [0.2, 0.25) is 0 Å². The number of oxime groups is 1. The summed E-state index contributed by atoms with van der Waals surface area (Å²) in [6.07, 6.45) is 1.58. The largest absolute Gasteiger partial charge is 0.399 e. The third kappa shape index (κ3) is 4.06. The average molecular weight is 380 g/mol. The molecule has 2 rings (SSSR count). The topological polar surface area (TPSA) is 50.7 Å². The highest BCUT2D eigenvalue weighted by atomic mass is 127. The van der Waals surface area contributed by atoms with Gasteiger partial charge in [-0.2, -0.15) is 0 Å². The summed E-state index contributed by atoms with van der Waals surface area (Å²) in [5.41, 5.74) is 2.25. The highest BCUT2D eigenvalue weighted by Gasteiger charge is 2.05. The Hall–Kier alpha value is -1.89. The van der Waals surface area contributed by atoms with Gasteiger partial charge >= 0.3 is 0 Å². The smallest absolute Gasteiger partial charge is 0.255 e. The lowest BCUT2D eigenvalue weighted by molar-refractivity contribution is 0.102. The third-order valence-corrected chi connectivity index (χ3v) is 3.30. The van der Waals surface area contributed by atoms with E-state index in [1.807, 2.05) is 36.4 Å². The van der Waals surface area contributed by atoms with E-state index in [1.54, 1.807) is 18.3 Å². The highest BCUT2D eigenvalue weighted by Crippen LogP contribution is 2.13. The molecule has 102 valence electrons. The van der Waals surface area contributed by atoms with Crippen molar-refractivity contribution >= 4 is 40.4 Å². The molecule has 0 heterocycles. The first-order valence-electron chi connectivity index (χ1n) is 5.92. The molecule has 20 heavy (non-hydrogen) atoms. The molecule has 0 spiro atoms. The van der Waals surface area contributed by atoms with Crippen LogP contribution < -0.4 is 5.32 Å². The first kappa shape index (κ1) is 14.5. The average Bonchev–Trinajstić information content (AvgIpc) is 2.48. The fourth-order valence-corrected chi connectivity index (χ4v) is 1.93. The molecule has 1 N–H and O–H groups in total. The van der Waals surface area contributed by atoms with E-state index >= 15 is 0 Å². The molecule has 0 aromatic heterocycles. The van der Waals surface area contributed by atoms with Crippen LogP contribution in [-0.2, 0) is 4.84 Å². The van der Waals surface area contributed by atoms with Gasteiger partial charge in [0, 0.05) is 14.8 Å². The molecule has 0 aliphatic rings. The fraction of sp³-hybridized carbons (Fsp3) is 0.0667. The Morgan fingerprint density at radius 1 is 1.15 bits per heavy atom. The van der Waals surface area contributed by atoms with Crippen molar-refractivity contribution in [2.45, 2.75) is 0 Å². The molecular weight excluding hydrogens is 367 g/mol. The monoisotopic (exact) mass is 380 g/mol. The van der Waals surface area contributed by atoms with Crippen LogP contribution in [0.5, 0.6) is 0 Å². The van der Waals surface area contributed by atoms with Gasteiger partial charge in [-0.15, -0.1) is 0 Å². The van der Waals surface area contributed by atoms with Crippen molar-refractivity contribution in [3.63, 3.8) is 0 Å². The summed E-state index contributed by atoms with van der Waals surface area (Å²) in [7, 11) is 1.49. The zero-order valence-electron chi connectivity index (χ0n) is 10.8. The van der Waals surface area contributed by atoms with Crippen LogP contribution >= 0.6 is 22.6 Å². The van der Waals surface area contributed by atoms with Crippen LogP contribution in [0.3, 0.4) is 0 Å². The number of nitrogens with one attached hydrogen (secondary N) is 1. The van der Waals surface area contributed by atoms with E-state index in [1.165, 1.54) is 7.11 Å². The molecule has 2 aromatic carbocycles. The predicted octanol–water partition coefficient (Wildman–Crippen LogP) is 3.52. The van der Waals surface area contributed by atoms with E-state index in [9.17, 15) is 4.79 Å². The number of anilines is 1. The predicted molar refractivity (Wildman–Crippen MR) is 88.2 cm³/mol. The number of halogens is 1. The van der Waals surface area contributed by atoms with E-state index in [4.69, 9.17) is 0 Å². The number of rotatable bonds is 4. The molecule has 0 aliphatic heterocycles. The molecule has 2 aromatic rings. The fourth-order valence-electron chi connectivity index (χ4n) is 1.57. The second-order valence-corrected chi connectivity index (χ2v) is 5.25. The highest BCUT2D eigenvalue weighted by molar-refractivity contribution is 14.1. The minimum atomic E-state index is -0.138. The normalized spacial score (nSPS) is 10.5. The maximum Gasteiger partial charge on any atom is 0.255 e. The van der Waals surface area contributed by atoms with Crippen LogP contribution in [0.15, 0.2) is 53.7 Å². The first-order valence-corrected chi connectivity index (χ1v) is 7.00. The Balaban J connectivity index is 2.05. The second-order valence-electron chi connectivity index (χ2n) is 4.00. The van der Waals surface area contributed by atoms with Gasteiger partial charge in [0.05, 0.1) is 6.21 Å². The number of nitrogens with zero attached hydrogens (tertiary/aromatic N) is 1. The quantitative estimate of drug-likeness (QED) is 0.501. The number of benzene rings is 2. The molecule has 0 aliphatic carbocycles. The summed E-state index contributed by atoms with van der Waals surface area (Å²) < 4.78 is 1.13. The van der Waals surface area contributed by atoms with Crippen LogP contribution in [0, 0.1) is 3.57 Å². The Kier molecular flexibility index (Phi) is 5.11. The van der Waals surface area contributed by atoms with Crippen LogP contribution in [0.25, 0.3) is 0 Å². The van der Waals surface area contributed by atoms with Gasteiger partial charge < -0.3 is 10.2 Å². The standard InChI is InChI=1S/C15H13IN2O2/c1-20-17-10-11-2-4-12(5-3-11)15(19)18-14-8-6-13(16)7-9-14/h2-10H,1H3,(H,18,19)/b17-10+. The van der Waals surface area contributed by atoms with E-state index in [0.29, 0.717) is 5.56 Å². The van der Waals surface area contributed by atoms with E-state index in [0.717, 1.165) is 14.8 Å². The first-order chi connectivity index (χ1) is 9.69. The Bertz CT molecular complexity index is 607. The maximum absolute atomic E-state index is 12.1. The van der Waals surface area contributed by atoms with E-state index in [2.05, 4.69) is 37.9 Å². The van der Waals surface area contributed by atoms with Crippen molar-refractivity contribution in [1.82, 2.24) is 0 Å². The molecule has 0 saturated heterocycles. The Labute approximate surface area is 131 Å². The van der Waals surface area contributed by atoms with Crippen LogP contribution in [0.4, 0.5) is 5.69 Å². The number of hydrogen-bond acceptors (Lipinski definition) is 3. The molecule has 5 heteroatoms. The molecule has 0 radical (unpaired) electrons. The zero-order chi connectivity index (χ0) is 14.4. The molecule has 1 amide bonds. The third-order valence-electron chi connectivity index (χ3n) is 2.58. The van der Waals surface area contributed by atoms with Crippen LogP contribution in [0.2, 0.25) is 0 Å². The summed E-state index contributed by atoms with van der Waals surface area (Å²) in [4.78, 5) is 16.7. The summed E-state index contributed by atoms with van der Waals surface area (Å²) >= 11 is 2.22. The second kappa shape index (κ2) is 7.04. The van der Waals surface area contributed by atoms with E-state index < -0.39 is 0 Å². The van der Waals surface area contributed by atoms with Crippen molar-refractivity contribution < 1.29 is 9.63 Å². The summed E-state index contributed by atoms with van der Waals surface area (Å²) in [5.74, 6) is -0.138. The van der Waals surface area contributed by atoms with Crippen LogP contribution in [0.1, 0.15) is 15.9 Å². The van der Waals surface area contributed by atoms with Crippen molar-refractivity contribution in [3.05, 3.63) is 63.2 Å². The molecule has 0 unspecified atom stereocenters. The van der Waals surface area contributed by atoms with Gasteiger partial charge in [-0.05, 0) is 64.6 Å². The van der Waals surface area contributed by atoms with Gasteiger partial charge in [-0.25, -0.2) is 0 Å². The number of amides is 1. The zero-order valence-corrected chi connectivity index (χ0v) is 13.0. The molecule has 0 atom stereocenters. The minimum absolute atomic E-state index is 0.138. The minimum Gasteiger partial charge on any atom is -0.399 e. The van der Waals surface area contributed by atoms with Crippen LogP contribution in [-0.4, -0.2) is 19.2 Å². The Morgan fingerprint density at radius 3 is 2.40 bits per heavy atom.